The van der Waals surface area contributed by atoms with Gasteiger partial charge in [0, 0.05) is 24.3 Å². The molecule has 0 unspecified atom stereocenters. The topological polar surface area (TPSA) is 88.1 Å². The molecule has 3 heterocycles. The van der Waals surface area contributed by atoms with Crippen molar-refractivity contribution in [3.05, 3.63) is 59.6 Å². The molecule has 1 aliphatic heterocycles. The molecule has 4 aromatic rings. The molecule has 0 bridgehead atoms. The molecule has 1 fully saturated rings. The Balaban J connectivity index is 1.33. The van der Waals surface area contributed by atoms with Crippen molar-refractivity contribution in [2.24, 2.45) is 0 Å². The molecule has 0 saturated carbocycles. The minimum Gasteiger partial charge on any atom is -0.355 e. The van der Waals surface area contributed by atoms with Crippen LogP contribution in [0.15, 0.2) is 59.5 Å². The van der Waals surface area contributed by atoms with Crippen LogP contribution in [0.2, 0.25) is 0 Å². The molecule has 1 N–H and O–H groups in total. The lowest BCUT2D eigenvalue weighted by Crippen LogP contribution is -2.19. The summed E-state index contributed by atoms with van der Waals surface area (Å²) in [6.45, 7) is 3.96. The fourth-order valence-electron chi connectivity index (χ4n) is 3.70. The molecule has 0 aliphatic carbocycles. The fourth-order valence-corrected chi connectivity index (χ4v) is 5.73. The molecule has 5 rings (SSSR count). The van der Waals surface area contributed by atoms with Gasteiger partial charge in [0.2, 0.25) is 0 Å². The number of nitrogens with one attached hydrogen (secondary N) is 1. The van der Waals surface area contributed by atoms with E-state index in [9.17, 15) is 8.42 Å². The number of rotatable bonds is 5. The van der Waals surface area contributed by atoms with Crippen molar-refractivity contribution in [3.63, 3.8) is 0 Å². The van der Waals surface area contributed by atoms with Gasteiger partial charge in [0.05, 0.1) is 25.8 Å². The number of nitrogens with zero attached hydrogens (tertiary/aromatic N) is 4. The number of hydrogen-bond donors (Lipinski definition) is 1. The third-order valence-corrected chi connectivity index (χ3v) is 7.60. The molecular formula is C22H21N5O2S2. The molecular weight excluding hydrogens is 430 g/mol. The van der Waals surface area contributed by atoms with E-state index >= 15 is 0 Å². The van der Waals surface area contributed by atoms with Crippen molar-refractivity contribution >= 4 is 43.1 Å². The predicted molar refractivity (Wildman–Crippen MR) is 124 cm³/mol. The second-order valence-electron chi connectivity index (χ2n) is 7.52. The highest BCUT2D eigenvalue weighted by Crippen LogP contribution is 2.27. The van der Waals surface area contributed by atoms with Gasteiger partial charge in [-0.2, -0.15) is 0 Å². The lowest BCUT2D eigenvalue weighted by atomic mass is 10.1. The van der Waals surface area contributed by atoms with E-state index in [2.05, 4.69) is 24.8 Å². The van der Waals surface area contributed by atoms with Crippen molar-refractivity contribution in [1.82, 2.24) is 15.2 Å². The lowest BCUT2D eigenvalue weighted by molar-refractivity contribution is 0.601. The maximum Gasteiger partial charge on any atom is 0.261 e. The first-order chi connectivity index (χ1) is 15.0. The molecule has 158 valence electrons. The van der Waals surface area contributed by atoms with Crippen molar-refractivity contribution in [1.29, 1.82) is 0 Å². The van der Waals surface area contributed by atoms with Gasteiger partial charge >= 0.3 is 0 Å². The van der Waals surface area contributed by atoms with E-state index in [4.69, 9.17) is 0 Å². The number of hydrogen-bond acceptors (Lipinski definition) is 7. The average molecular weight is 452 g/mol. The molecule has 0 atom stereocenters. The zero-order valence-electron chi connectivity index (χ0n) is 16.9. The normalized spacial score (nSPS) is 14.3. The predicted octanol–water partition coefficient (Wildman–Crippen LogP) is 4.46. The van der Waals surface area contributed by atoms with Crippen molar-refractivity contribution in [2.45, 2.75) is 24.7 Å². The van der Waals surface area contributed by atoms with Crippen molar-refractivity contribution in [3.8, 4) is 11.3 Å². The number of sulfonamides is 1. The Morgan fingerprint density at radius 2 is 1.74 bits per heavy atom. The monoisotopic (exact) mass is 451 g/mol. The van der Waals surface area contributed by atoms with Gasteiger partial charge in [-0.05, 0) is 62.2 Å². The van der Waals surface area contributed by atoms with E-state index < -0.39 is 10.0 Å². The van der Waals surface area contributed by atoms with Crippen LogP contribution < -0.4 is 9.62 Å². The van der Waals surface area contributed by atoms with Gasteiger partial charge in [0.15, 0.2) is 5.82 Å². The lowest BCUT2D eigenvalue weighted by Gasteiger charge is -2.15. The number of aryl methyl sites for hydroxylation is 1. The largest absolute Gasteiger partial charge is 0.355 e. The van der Waals surface area contributed by atoms with E-state index in [0.29, 0.717) is 5.69 Å². The number of anilines is 2. The number of benzene rings is 2. The summed E-state index contributed by atoms with van der Waals surface area (Å²) in [4.78, 5) is 6.83. The quantitative estimate of drug-likeness (QED) is 0.482. The Bertz CT molecular complexity index is 1330. The summed E-state index contributed by atoms with van der Waals surface area (Å²) in [5, 5.41) is 9.59. The van der Waals surface area contributed by atoms with Crippen LogP contribution in [0.25, 0.3) is 21.5 Å². The zero-order valence-corrected chi connectivity index (χ0v) is 18.6. The molecule has 1 aliphatic rings. The molecule has 2 aromatic heterocycles. The van der Waals surface area contributed by atoms with Crippen molar-refractivity contribution < 1.29 is 8.42 Å². The van der Waals surface area contributed by atoms with Gasteiger partial charge < -0.3 is 4.90 Å². The first-order valence-corrected chi connectivity index (χ1v) is 12.4. The Hall–Kier alpha value is -3.04. The van der Waals surface area contributed by atoms with Crippen LogP contribution in [-0.2, 0) is 10.0 Å². The number of fused-ring (bicyclic) bond motifs is 1. The number of thiazole rings is 1. The fraction of sp³-hybridized carbons (Fsp3) is 0.227. The maximum atomic E-state index is 12.8. The molecule has 0 radical (unpaired) electrons. The molecule has 9 heteroatoms. The molecule has 2 aromatic carbocycles. The number of aromatic nitrogens is 3. The van der Waals surface area contributed by atoms with Gasteiger partial charge in [0.25, 0.3) is 10.0 Å². The zero-order chi connectivity index (χ0) is 21.4. The van der Waals surface area contributed by atoms with Crippen LogP contribution in [0.5, 0.6) is 0 Å². The highest BCUT2D eigenvalue weighted by atomic mass is 32.2. The maximum absolute atomic E-state index is 12.8. The van der Waals surface area contributed by atoms with E-state index in [0.717, 1.165) is 45.4 Å². The molecule has 0 amide bonds. The molecule has 0 spiro atoms. The summed E-state index contributed by atoms with van der Waals surface area (Å²) in [5.74, 6) is 0.902. The SMILES string of the molecule is Cc1nc2ccc(S(=O)(=O)Nc3ccc(-c4ccc(N5CCCC5)nn4)cc3)cc2s1. The third-order valence-electron chi connectivity index (χ3n) is 5.29. The standard InChI is InChI=1S/C22H21N5O2S2/c1-15-23-20-9-8-18(14-21(20)30-15)31(28,29)26-17-6-4-16(5-7-17)19-10-11-22(25-24-19)27-12-2-3-13-27/h4-11,14,26H,2-3,12-13H2,1H3. The first-order valence-electron chi connectivity index (χ1n) is 10.1. The summed E-state index contributed by atoms with van der Waals surface area (Å²) in [6, 6.07) is 16.1. The highest BCUT2D eigenvalue weighted by molar-refractivity contribution is 7.92. The summed E-state index contributed by atoms with van der Waals surface area (Å²) in [5.41, 5.74) is 2.93. The van der Waals surface area contributed by atoms with Crippen LogP contribution in [-0.4, -0.2) is 36.7 Å². The van der Waals surface area contributed by atoms with Crippen molar-refractivity contribution in [2.75, 3.05) is 22.7 Å². The van der Waals surface area contributed by atoms with Gasteiger partial charge in [-0.1, -0.05) is 12.1 Å². The smallest absolute Gasteiger partial charge is 0.261 e. The van der Waals surface area contributed by atoms with Gasteiger partial charge in [-0.3, -0.25) is 4.72 Å². The molecule has 7 nitrogen and oxygen atoms in total. The second kappa shape index (κ2) is 7.90. The summed E-state index contributed by atoms with van der Waals surface area (Å²) in [7, 11) is -3.69. The van der Waals surface area contributed by atoms with Crippen LogP contribution >= 0.6 is 11.3 Å². The highest BCUT2D eigenvalue weighted by Gasteiger charge is 2.17. The Kier molecular flexibility index (Phi) is 5.07. The summed E-state index contributed by atoms with van der Waals surface area (Å²) >= 11 is 1.48. The van der Waals surface area contributed by atoms with Crippen LogP contribution in [0, 0.1) is 6.92 Å². The summed E-state index contributed by atoms with van der Waals surface area (Å²) in [6.07, 6.45) is 2.39. The van der Waals surface area contributed by atoms with Gasteiger partial charge in [-0.15, -0.1) is 21.5 Å². The average Bonchev–Trinajstić information content (AvgIpc) is 3.42. The second-order valence-corrected chi connectivity index (χ2v) is 10.4. The van der Waals surface area contributed by atoms with Crippen LogP contribution in [0.1, 0.15) is 17.8 Å². The van der Waals surface area contributed by atoms with E-state index in [1.165, 1.54) is 24.2 Å². The van der Waals surface area contributed by atoms with Gasteiger partial charge in [0.1, 0.15) is 0 Å². The molecule has 1 saturated heterocycles. The van der Waals surface area contributed by atoms with E-state index in [-0.39, 0.29) is 4.90 Å². The first kappa shape index (κ1) is 19.9. The Morgan fingerprint density at radius 1 is 0.968 bits per heavy atom. The van der Waals surface area contributed by atoms with Crippen LogP contribution in [0.3, 0.4) is 0 Å². The minimum atomic E-state index is -3.69. The minimum absolute atomic E-state index is 0.219. The molecule has 31 heavy (non-hydrogen) atoms. The van der Waals surface area contributed by atoms with E-state index in [1.54, 1.807) is 30.3 Å². The Labute approximate surface area is 184 Å². The van der Waals surface area contributed by atoms with Crippen LogP contribution in [0.4, 0.5) is 11.5 Å². The van der Waals surface area contributed by atoms with E-state index in [1.807, 2.05) is 31.2 Å². The summed E-state index contributed by atoms with van der Waals surface area (Å²) < 4.78 is 29.1. The Morgan fingerprint density at radius 3 is 2.45 bits per heavy atom. The van der Waals surface area contributed by atoms with Gasteiger partial charge in [-0.25, -0.2) is 13.4 Å². The third kappa shape index (κ3) is 4.11.